The minimum atomic E-state index is -3.44. The molecule has 90 valence electrons. The Morgan fingerprint density at radius 2 is 2.12 bits per heavy atom. The van der Waals surface area contributed by atoms with Crippen LogP contribution in [0.1, 0.15) is 23.4 Å². The molecule has 0 aliphatic heterocycles. The Labute approximate surface area is 98.6 Å². The van der Waals surface area contributed by atoms with Crippen molar-refractivity contribution in [3.63, 3.8) is 0 Å². The van der Waals surface area contributed by atoms with E-state index in [2.05, 4.69) is 9.71 Å². The van der Waals surface area contributed by atoms with Gasteiger partial charge < -0.3 is 5.11 Å². The number of aryl methyl sites for hydroxylation is 2. The van der Waals surface area contributed by atoms with Crippen LogP contribution in [0.15, 0.2) is 0 Å². The fourth-order valence-corrected chi connectivity index (χ4v) is 3.80. The van der Waals surface area contributed by atoms with Crippen LogP contribution in [0.3, 0.4) is 0 Å². The van der Waals surface area contributed by atoms with Crippen molar-refractivity contribution in [2.75, 3.05) is 17.1 Å². The summed E-state index contributed by atoms with van der Waals surface area (Å²) < 4.78 is 25.2. The summed E-state index contributed by atoms with van der Waals surface area (Å²) in [5, 5.41) is 9.04. The Kier molecular flexibility index (Phi) is 3.46. The number of anilines is 1. The summed E-state index contributed by atoms with van der Waals surface area (Å²) in [6.45, 7) is -0.375. The molecule has 1 heterocycles. The molecule has 1 aromatic heterocycles. The Bertz CT molecular complexity index is 444. The highest BCUT2D eigenvalue weighted by Gasteiger charge is 2.18. The second-order valence-electron chi connectivity index (χ2n) is 3.74. The molecule has 1 aliphatic rings. The summed E-state index contributed by atoms with van der Waals surface area (Å²) in [4.78, 5) is 5.45. The molecule has 1 aliphatic carbocycles. The lowest BCUT2D eigenvalue weighted by Crippen LogP contribution is -2.18. The normalized spacial score (nSPS) is 15.8. The minimum Gasteiger partial charge on any atom is -0.395 e. The van der Waals surface area contributed by atoms with Crippen LogP contribution in [-0.2, 0) is 22.9 Å². The number of hydrogen-bond donors (Lipinski definition) is 2. The van der Waals surface area contributed by atoms with Gasteiger partial charge in [-0.15, -0.1) is 11.3 Å². The molecule has 0 saturated carbocycles. The number of rotatable bonds is 4. The van der Waals surface area contributed by atoms with Gasteiger partial charge in [0.15, 0.2) is 5.13 Å². The number of aliphatic hydroxyl groups excluding tert-OH is 1. The number of sulfonamides is 1. The van der Waals surface area contributed by atoms with E-state index in [4.69, 9.17) is 5.11 Å². The third kappa shape index (κ3) is 2.72. The Hall–Kier alpha value is -0.660. The molecule has 2 rings (SSSR count). The first-order valence-electron chi connectivity index (χ1n) is 5.20. The maximum Gasteiger partial charge on any atom is 0.236 e. The van der Waals surface area contributed by atoms with Gasteiger partial charge in [0.2, 0.25) is 10.0 Å². The number of fused-ring (bicyclic) bond motifs is 1. The van der Waals surface area contributed by atoms with Crippen molar-refractivity contribution >= 4 is 26.5 Å². The largest absolute Gasteiger partial charge is 0.395 e. The van der Waals surface area contributed by atoms with Crippen LogP contribution in [0.2, 0.25) is 0 Å². The summed E-state index contributed by atoms with van der Waals surface area (Å²) in [5.74, 6) is -0.281. The predicted octanol–water partition coefficient (Wildman–Crippen LogP) is 0.756. The molecule has 1 aromatic rings. The van der Waals surface area contributed by atoms with Crippen LogP contribution in [-0.4, -0.2) is 30.9 Å². The van der Waals surface area contributed by atoms with Gasteiger partial charge in [-0.2, -0.15) is 0 Å². The average molecular weight is 262 g/mol. The van der Waals surface area contributed by atoms with Gasteiger partial charge in [0.1, 0.15) is 0 Å². The van der Waals surface area contributed by atoms with Gasteiger partial charge in [0.05, 0.1) is 18.1 Å². The third-order valence-electron chi connectivity index (χ3n) is 2.45. The molecule has 16 heavy (non-hydrogen) atoms. The molecule has 2 N–H and O–H groups in total. The molecule has 0 radical (unpaired) electrons. The molecular weight excluding hydrogens is 248 g/mol. The number of hydrogen-bond acceptors (Lipinski definition) is 5. The quantitative estimate of drug-likeness (QED) is 0.839. The highest BCUT2D eigenvalue weighted by atomic mass is 32.2. The molecule has 0 spiro atoms. The van der Waals surface area contributed by atoms with E-state index in [0.717, 1.165) is 31.4 Å². The molecule has 0 unspecified atom stereocenters. The lowest BCUT2D eigenvalue weighted by atomic mass is 10.0. The summed E-state index contributed by atoms with van der Waals surface area (Å²) in [5.41, 5.74) is 1.03. The first-order chi connectivity index (χ1) is 7.61. The molecular formula is C9H14N2O3S2. The van der Waals surface area contributed by atoms with Crippen LogP contribution in [0.4, 0.5) is 5.13 Å². The number of thiazole rings is 1. The summed E-state index contributed by atoms with van der Waals surface area (Å²) in [6, 6.07) is 0. The zero-order valence-electron chi connectivity index (χ0n) is 8.77. The molecule has 0 atom stereocenters. The Balaban J connectivity index is 2.13. The molecule has 0 saturated heterocycles. The van der Waals surface area contributed by atoms with E-state index in [9.17, 15) is 8.42 Å². The fourth-order valence-electron chi connectivity index (χ4n) is 1.70. The van der Waals surface area contributed by atoms with Crippen molar-refractivity contribution in [1.82, 2.24) is 4.98 Å². The van der Waals surface area contributed by atoms with Crippen molar-refractivity contribution in [2.24, 2.45) is 0 Å². The van der Waals surface area contributed by atoms with E-state index in [1.807, 2.05) is 0 Å². The van der Waals surface area contributed by atoms with Crippen molar-refractivity contribution in [2.45, 2.75) is 25.7 Å². The van der Waals surface area contributed by atoms with Gasteiger partial charge in [0.25, 0.3) is 0 Å². The Morgan fingerprint density at radius 1 is 1.38 bits per heavy atom. The minimum absolute atomic E-state index is 0.281. The summed E-state index contributed by atoms with van der Waals surface area (Å²) in [7, 11) is -3.44. The number of nitrogens with one attached hydrogen (secondary N) is 1. The van der Waals surface area contributed by atoms with Gasteiger partial charge in [-0.3, -0.25) is 4.72 Å². The second-order valence-corrected chi connectivity index (χ2v) is 6.67. The van der Waals surface area contributed by atoms with Crippen LogP contribution in [0.25, 0.3) is 0 Å². The van der Waals surface area contributed by atoms with Crippen molar-refractivity contribution in [1.29, 1.82) is 0 Å². The van der Waals surface area contributed by atoms with E-state index < -0.39 is 10.0 Å². The van der Waals surface area contributed by atoms with Crippen LogP contribution < -0.4 is 4.72 Å². The molecule has 5 nitrogen and oxygen atoms in total. The smallest absolute Gasteiger partial charge is 0.236 e. The maximum absolute atomic E-state index is 11.4. The monoisotopic (exact) mass is 262 g/mol. The highest BCUT2D eigenvalue weighted by molar-refractivity contribution is 7.92. The van der Waals surface area contributed by atoms with Crippen molar-refractivity contribution in [3.05, 3.63) is 10.6 Å². The molecule has 0 amide bonds. The third-order valence-corrected chi connectivity index (χ3v) is 4.87. The van der Waals surface area contributed by atoms with E-state index in [0.29, 0.717) is 5.13 Å². The topological polar surface area (TPSA) is 79.3 Å². The fraction of sp³-hybridized carbons (Fsp3) is 0.667. The van der Waals surface area contributed by atoms with Gasteiger partial charge in [0, 0.05) is 4.88 Å². The molecule has 0 fully saturated rings. The average Bonchev–Trinajstić information content (AvgIpc) is 2.58. The zero-order chi connectivity index (χ0) is 11.6. The van der Waals surface area contributed by atoms with Gasteiger partial charge in [-0.25, -0.2) is 13.4 Å². The lowest BCUT2D eigenvalue weighted by molar-refractivity contribution is 0.320. The zero-order valence-corrected chi connectivity index (χ0v) is 10.4. The molecule has 0 bridgehead atoms. The van der Waals surface area contributed by atoms with Gasteiger partial charge in [-0.05, 0) is 25.7 Å². The number of aromatic nitrogens is 1. The maximum atomic E-state index is 11.4. The molecule has 0 aromatic carbocycles. The van der Waals surface area contributed by atoms with E-state index in [1.165, 1.54) is 16.2 Å². The second kappa shape index (κ2) is 4.68. The van der Waals surface area contributed by atoms with Crippen LogP contribution in [0, 0.1) is 0 Å². The number of aliphatic hydroxyl groups is 1. The first kappa shape index (κ1) is 11.8. The van der Waals surface area contributed by atoms with E-state index in [-0.39, 0.29) is 12.4 Å². The van der Waals surface area contributed by atoms with E-state index in [1.54, 1.807) is 0 Å². The molecule has 7 heteroatoms. The summed E-state index contributed by atoms with van der Waals surface area (Å²) in [6.07, 6.45) is 4.21. The standard InChI is InChI=1S/C9H14N2O3S2/c12-5-6-16(13,14)11-9-10-7-3-1-2-4-8(7)15-9/h12H,1-6H2,(H,10,11). The first-order valence-corrected chi connectivity index (χ1v) is 7.67. The van der Waals surface area contributed by atoms with E-state index >= 15 is 0 Å². The highest BCUT2D eigenvalue weighted by Crippen LogP contribution is 2.29. The summed E-state index contributed by atoms with van der Waals surface area (Å²) >= 11 is 1.41. The predicted molar refractivity (Wildman–Crippen MR) is 63.3 cm³/mol. The van der Waals surface area contributed by atoms with Crippen molar-refractivity contribution in [3.8, 4) is 0 Å². The lowest BCUT2D eigenvalue weighted by Gasteiger charge is -2.06. The van der Waals surface area contributed by atoms with Gasteiger partial charge in [-0.1, -0.05) is 0 Å². The Morgan fingerprint density at radius 3 is 2.81 bits per heavy atom. The SMILES string of the molecule is O=S(=O)(CCO)Nc1nc2c(s1)CCCC2. The van der Waals surface area contributed by atoms with Crippen LogP contribution in [0.5, 0.6) is 0 Å². The van der Waals surface area contributed by atoms with Gasteiger partial charge >= 0.3 is 0 Å². The van der Waals surface area contributed by atoms with Crippen LogP contribution >= 0.6 is 11.3 Å². The number of nitrogens with zero attached hydrogens (tertiary/aromatic N) is 1. The van der Waals surface area contributed by atoms with Crippen molar-refractivity contribution < 1.29 is 13.5 Å².